The lowest BCUT2D eigenvalue weighted by Gasteiger charge is -2.38. The summed E-state index contributed by atoms with van der Waals surface area (Å²) in [6, 6.07) is 14.1. The van der Waals surface area contributed by atoms with Gasteiger partial charge in [-0.05, 0) is 68.7 Å². The van der Waals surface area contributed by atoms with Crippen molar-refractivity contribution >= 4 is 17.0 Å². The molecule has 1 fully saturated rings. The second-order valence-corrected chi connectivity index (χ2v) is 7.67. The Kier molecular flexibility index (Phi) is 4.85. The Bertz CT molecular complexity index is 952. The number of aromatic nitrogens is 1. The minimum atomic E-state index is -0.756. The van der Waals surface area contributed by atoms with Gasteiger partial charge in [-0.1, -0.05) is 17.7 Å². The van der Waals surface area contributed by atoms with Crippen LogP contribution in [0, 0.1) is 6.92 Å². The van der Waals surface area contributed by atoms with E-state index in [-0.39, 0.29) is 0 Å². The zero-order chi connectivity index (χ0) is 18.9. The topological polar surface area (TPSA) is 49.5 Å². The van der Waals surface area contributed by atoms with Crippen LogP contribution in [0.1, 0.15) is 36.8 Å². The van der Waals surface area contributed by atoms with Crippen LogP contribution in [-0.4, -0.2) is 34.6 Å². The van der Waals surface area contributed by atoms with Crippen molar-refractivity contribution in [2.75, 3.05) is 19.6 Å². The molecule has 1 saturated heterocycles. The zero-order valence-electron chi connectivity index (χ0n) is 16.0. The number of hydrogen-bond acceptors (Lipinski definition) is 4. The largest absolute Gasteiger partial charge is 0.465 e. The number of likely N-dealkylation sites (tertiary alicyclic amines) is 1. The highest BCUT2D eigenvalue weighted by atomic mass is 16.3. The number of aliphatic hydroxyl groups is 1. The number of pyridine rings is 1. The second kappa shape index (κ2) is 7.29. The predicted octanol–water partition coefficient (Wildman–Crippen LogP) is 4.52. The number of rotatable bonds is 4. The third-order valence-corrected chi connectivity index (χ3v) is 5.45. The molecule has 1 N–H and O–H groups in total. The summed E-state index contributed by atoms with van der Waals surface area (Å²) in [7, 11) is 0. The van der Waals surface area contributed by atoms with E-state index in [1.165, 1.54) is 5.57 Å². The summed E-state index contributed by atoms with van der Waals surface area (Å²) in [6.45, 7) is 6.78. The van der Waals surface area contributed by atoms with E-state index in [0.717, 1.165) is 60.4 Å². The van der Waals surface area contributed by atoms with E-state index in [0.29, 0.717) is 0 Å². The van der Waals surface area contributed by atoms with Gasteiger partial charge in [0.25, 0.3) is 0 Å². The first-order chi connectivity index (χ1) is 13.0. The molecule has 0 spiro atoms. The molecule has 0 bridgehead atoms. The number of nitrogens with zero attached hydrogens (tertiary/aromatic N) is 2. The van der Waals surface area contributed by atoms with Crippen LogP contribution in [0.5, 0.6) is 0 Å². The van der Waals surface area contributed by atoms with E-state index < -0.39 is 5.60 Å². The number of furan rings is 1. The van der Waals surface area contributed by atoms with Gasteiger partial charge in [0, 0.05) is 30.7 Å². The first-order valence-electron chi connectivity index (χ1n) is 9.55. The Hall–Kier alpha value is -2.43. The molecule has 4 rings (SSSR count). The third-order valence-electron chi connectivity index (χ3n) is 5.45. The van der Waals surface area contributed by atoms with Gasteiger partial charge in [0.05, 0.1) is 17.4 Å². The standard InChI is InChI=1S/C23H26N2O2/c1-17(14-21-4-3-13-27-21)16-25-11-9-23(26,10-12-25)20-7-8-22-19(15-20)6-5-18(2)24-22/h3-8,13-15,26H,9-12,16H2,1-2H3. The van der Waals surface area contributed by atoms with Crippen molar-refractivity contribution in [1.29, 1.82) is 0 Å². The van der Waals surface area contributed by atoms with Gasteiger partial charge in [0.15, 0.2) is 0 Å². The van der Waals surface area contributed by atoms with Crippen molar-refractivity contribution in [3.05, 3.63) is 71.3 Å². The van der Waals surface area contributed by atoms with Crippen LogP contribution in [0.25, 0.3) is 17.0 Å². The SMILES string of the molecule is CC(=Cc1ccco1)CN1CCC(O)(c2ccc3nc(C)ccc3c2)CC1. The molecule has 1 aliphatic heterocycles. The van der Waals surface area contributed by atoms with Crippen LogP contribution in [-0.2, 0) is 5.60 Å². The van der Waals surface area contributed by atoms with Crippen LogP contribution in [0.4, 0.5) is 0 Å². The van der Waals surface area contributed by atoms with E-state index in [9.17, 15) is 5.11 Å². The normalized spacial score (nSPS) is 18.1. The van der Waals surface area contributed by atoms with Gasteiger partial charge in [0.1, 0.15) is 5.76 Å². The van der Waals surface area contributed by atoms with E-state index in [2.05, 4.69) is 35.0 Å². The second-order valence-electron chi connectivity index (χ2n) is 7.67. The highest BCUT2D eigenvalue weighted by Gasteiger charge is 2.34. The number of hydrogen-bond donors (Lipinski definition) is 1. The van der Waals surface area contributed by atoms with Crippen molar-refractivity contribution < 1.29 is 9.52 Å². The fourth-order valence-corrected chi connectivity index (χ4v) is 3.90. The fraction of sp³-hybridized carbons (Fsp3) is 0.348. The molecule has 4 nitrogen and oxygen atoms in total. The Morgan fingerprint density at radius 2 is 2.04 bits per heavy atom. The van der Waals surface area contributed by atoms with Crippen LogP contribution in [0.3, 0.4) is 0 Å². The molecule has 140 valence electrons. The summed E-state index contributed by atoms with van der Waals surface area (Å²) in [4.78, 5) is 6.95. The van der Waals surface area contributed by atoms with E-state index >= 15 is 0 Å². The van der Waals surface area contributed by atoms with Crippen molar-refractivity contribution in [2.45, 2.75) is 32.3 Å². The minimum Gasteiger partial charge on any atom is -0.465 e. The predicted molar refractivity (Wildman–Crippen MR) is 108 cm³/mol. The molecule has 1 aliphatic rings. The maximum atomic E-state index is 11.2. The van der Waals surface area contributed by atoms with Crippen LogP contribution in [0.15, 0.2) is 58.7 Å². The molecule has 0 atom stereocenters. The number of benzene rings is 1. The monoisotopic (exact) mass is 362 g/mol. The molecule has 27 heavy (non-hydrogen) atoms. The first-order valence-corrected chi connectivity index (χ1v) is 9.55. The van der Waals surface area contributed by atoms with Crippen molar-refractivity contribution in [2.24, 2.45) is 0 Å². The summed E-state index contributed by atoms with van der Waals surface area (Å²) in [5.74, 6) is 0.890. The lowest BCUT2D eigenvalue weighted by Crippen LogP contribution is -2.43. The molecule has 3 aromatic rings. The first kappa shape index (κ1) is 18.0. The van der Waals surface area contributed by atoms with Gasteiger partial charge in [-0.3, -0.25) is 9.88 Å². The molecule has 3 heterocycles. The van der Waals surface area contributed by atoms with Crippen molar-refractivity contribution in [3.8, 4) is 0 Å². The summed E-state index contributed by atoms with van der Waals surface area (Å²) in [5.41, 5.74) is 3.51. The van der Waals surface area contributed by atoms with Crippen LogP contribution >= 0.6 is 0 Å². The minimum absolute atomic E-state index is 0.742. The highest BCUT2D eigenvalue weighted by molar-refractivity contribution is 5.79. The van der Waals surface area contributed by atoms with Gasteiger partial charge in [-0.25, -0.2) is 0 Å². The average Bonchev–Trinajstić information content (AvgIpc) is 3.16. The number of piperidine rings is 1. The molecular formula is C23H26N2O2. The Morgan fingerprint density at radius 1 is 1.22 bits per heavy atom. The molecule has 1 aromatic carbocycles. The molecule has 0 aliphatic carbocycles. The lowest BCUT2D eigenvalue weighted by molar-refractivity contribution is -0.0237. The van der Waals surface area contributed by atoms with Gasteiger partial charge < -0.3 is 9.52 Å². The molecule has 0 unspecified atom stereocenters. The smallest absolute Gasteiger partial charge is 0.126 e. The maximum Gasteiger partial charge on any atom is 0.126 e. The lowest BCUT2D eigenvalue weighted by atomic mass is 9.84. The number of aryl methyl sites for hydroxylation is 1. The van der Waals surface area contributed by atoms with Gasteiger partial charge in [-0.15, -0.1) is 0 Å². The van der Waals surface area contributed by atoms with Crippen LogP contribution < -0.4 is 0 Å². The van der Waals surface area contributed by atoms with Gasteiger partial charge in [0.2, 0.25) is 0 Å². The summed E-state index contributed by atoms with van der Waals surface area (Å²) >= 11 is 0. The average molecular weight is 362 g/mol. The Morgan fingerprint density at radius 3 is 2.78 bits per heavy atom. The molecule has 0 amide bonds. The zero-order valence-corrected chi connectivity index (χ0v) is 16.0. The Balaban J connectivity index is 1.43. The van der Waals surface area contributed by atoms with Crippen molar-refractivity contribution in [3.63, 3.8) is 0 Å². The third kappa shape index (κ3) is 3.97. The maximum absolute atomic E-state index is 11.2. The molecule has 0 radical (unpaired) electrons. The molecule has 0 saturated carbocycles. The van der Waals surface area contributed by atoms with E-state index in [4.69, 9.17) is 4.42 Å². The van der Waals surface area contributed by atoms with Crippen LogP contribution in [0.2, 0.25) is 0 Å². The Labute approximate surface area is 160 Å². The van der Waals surface area contributed by atoms with Crippen molar-refractivity contribution in [1.82, 2.24) is 9.88 Å². The van der Waals surface area contributed by atoms with Gasteiger partial charge in [-0.2, -0.15) is 0 Å². The summed E-state index contributed by atoms with van der Waals surface area (Å²) in [6.07, 6.45) is 5.26. The molecule has 2 aromatic heterocycles. The number of fused-ring (bicyclic) bond motifs is 1. The summed E-state index contributed by atoms with van der Waals surface area (Å²) in [5, 5.41) is 12.3. The molecular weight excluding hydrogens is 336 g/mol. The quantitative estimate of drug-likeness (QED) is 0.741. The summed E-state index contributed by atoms with van der Waals surface area (Å²) < 4.78 is 5.39. The highest BCUT2D eigenvalue weighted by Crippen LogP contribution is 2.34. The fourth-order valence-electron chi connectivity index (χ4n) is 3.90. The molecule has 4 heteroatoms. The van der Waals surface area contributed by atoms with Gasteiger partial charge >= 0.3 is 0 Å². The van der Waals surface area contributed by atoms with E-state index in [1.54, 1.807) is 6.26 Å². The van der Waals surface area contributed by atoms with E-state index in [1.807, 2.05) is 37.3 Å².